The summed E-state index contributed by atoms with van der Waals surface area (Å²) >= 11 is 0. The van der Waals surface area contributed by atoms with E-state index in [-0.39, 0.29) is 47.9 Å². The molecule has 8 aliphatic rings. The van der Waals surface area contributed by atoms with Crippen molar-refractivity contribution in [3.8, 4) is 0 Å². The summed E-state index contributed by atoms with van der Waals surface area (Å²) in [4.78, 5) is 27.0. The number of hydrogen-bond acceptors (Lipinski definition) is 17. The third-order valence-corrected chi connectivity index (χ3v) is 20.0. The number of epoxide rings is 1. The second-order valence-electron chi connectivity index (χ2n) is 22.9. The number of aldehydes is 1. The van der Waals surface area contributed by atoms with E-state index in [1.165, 1.54) is 0 Å². The fourth-order valence-electron chi connectivity index (χ4n) is 15.7. The third-order valence-electron chi connectivity index (χ3n) is 20.0. The lowest BCUT2D eigenvalue weighted by Crippen LogP contribution is -2.74. The van der Waals surface area contributed by atoms with Crippen LogP contribution in [0.3, 0.4) is 0 Å². The quantitative estimate of drug-likeness (QED) is 0.0699. The Bertz CT molecular complexity index is 2010. The molecule has 0 amide bonds. The van der Waals surface area contributed by atoms with E-state index < -0.39 is 113 Å². The van der Waals surface area contributed by atoms with E-state index in [9.17, 15) is 50.4 Å². The number of nitrogens with one attached hydrogen (secondary N) is 1. The van der Waals surface area contributed by atoms with Crippen molar-refractivity contribution >= 4 is 17.9 Å². The van der Waals surface area contributed by atoms with Gasteiger partial charge in [-0.05, 0) is 93.1 Å². The molecule has 0 bridgehead atoms. The van der Waals surface area contributed by atoms with Crippen LogP contribution in [0.1, 0.15) is 103 Å². The number of ether oxygens (including phenoxy) is 6. The molecule has 8 fully saturated rings. The van der Waals surface area contributed by atoms with Gasteiger partial charge in [-0.15, -0.1) is 0 Å². The predicted octanol–water partition coefficient (Wildman–Crippen LogP) is 1.67. The normalized spacial score (nSPS) is 54.0. The van der Waals surface area contributed by atoms with Gasteiger partial charge in [0.2, 0.25) is 0 Å². The van der Waals surface area contributed by atoms with Crippen LogP contribution in [0.4, 0.5) is 5.69 Å². The van der Waals surface area contributed by atoms with Crippen molar-refractivity contribution in [2.24, 2.45) is 50.2 Å². The number of carbonyl (C=O) groups is 2. The summed E-state index contributed by atoms with van der Waals surface area (Å²) in [5, 5.41) is 90.0. The molecule has 0 unspecified atom stereocenters. The number of fused-ring (bicyclic) bond motifs is 5. The highest BCUT2D eigenvalue weighted by Gasteiger charge is 2.86. The van der Waals surface area contributed by atoms with Crippen LogP contribution in [-0.4, -0.2) is 165 Å². The molecule has 23 atom stereocenters. The Labute approximate surface area is 386 Å². The number of hydrogen-bond donors (Lipinski definition) is 9. The van der Waals surface area contributed by atoms with Crippen molar-refractivity contribution in [2.75, 3.05) is 32.2 Å². The first kappa shape index (κ1) is 48.7. The molecule has 1 aromatic rings. The Morgan fingerprint density at radius 1 is 0.803 bits per heavy atom. The molecule has 0 aromatic heterocycles. The molecule has 1 spiro atoms. The average molecular weight is 932 g/mol. The van der Waals surface area contributed by atoms with Crippen LogP contribution in [0.5, 0.6) is 0 Å². The molecular formula is C49H73NO16. The Morgan fingerprint density at radius 3 is 2.20 bits per heavy atom. The Morgan fingerprint density at radius 2 is 1.52 bits per heavy atom. The van der Waals surface area contributed by atoms with Gasteiger partial charge in [0.25, 0.3) is 0 Å². The number of para-hydroxylation sites is 1. The zero-order valence-corrected chi connectivity index (χ0v) is 39.2. The highest BCUT2D eigenvalue weighted by Crippen LogP contribution is 2.83. The van der Waals surface area contributed by atoms with Crippen molar-refractivity contribution in [1.82, 2.24) is 0 Å². The Balaban J connectivity index is 0.920. The number of aliphatic hydroxyl groups excluding tert-OH is 8. The first-order valence-corrected chi connectivity index (χ1v) is 24.1. The second-order valence-corrected chi connectivity index (χ2v) is 22.9. The van der Waals surface area contributed by atoms with Gasteiger partial charge in [0.15, 0.2) is 12.6 Å². The van der Waals surface area contributed by atoms with Gasteiger partial charge in [-0.2, -0.15) is 0 Å². The van der Waals surface area contributed by atoms with Crippen molar-refractivity contribution in [1.29, 1.82) is 0 Å². The summed E-state index contributed by atoms with van der Waals surface area (Å²) in [7, 11) is 1.74. The van der Waals surface area contributed by atoms with Crippen LogP contribution in [0.15, 0.2) is 24.3 Å². The van der Waals surface area contributed by atoms with Crippen LogP contribution >= 0.6 is 0 Å². The molecule has 9 rings (SSSR count). The van der Waals surface area contributed by atoms with Gasteiger partial charge in [-0.3, -0.25) is 0 Å². The van der Waals surface area contributed by atoms with Crippen molar-refractivity contribution in [2.45, 2.75) is 178 Å². The monoisotopic (exact) mass is 931 g/mol. The van der Waals surface area contributed by atoms with Crippen LogP contribution in [0, 0.1) is 50.2 Å². The summed E-state index contributed by atoms with van der Waals surface area (Å²) in [5.41, 5.74) is -3.20. The maximum atomic E-state index is 13.7. The molecule has 370 valence electrons. The SMILES string of the molecule is CNc1ccccc1C(=O)O[C@H]1C[C@@]2(C)[C@@H](C[C@@]1(C)C=O)[C@@]13O[C@@H]1C[C@@H]1[C@@]4(C)CC[C@H](O[C@@H]5OC[C@H](O[C@@H]6O[C@H](CO)[C@@H](O)[C@H](O)[C@H]6O)[C@H](O)[C@H]5O)[C@@](C)(CO)[C@@H]4CC[C@@]1(C)[C@]3(C)C[C@@H]2O. The number of anilines is 1. The zero-order chi connectivity index (χ0) is 47.7. The molecule has 9 N–H and O–H groups in total. The average Bonchev–Trinajstić information content (AvgIpc) is 4.04. The van der Waals surface area contributed by atoms with Crippen molar-refractivity contribution in [3.05, 3.63) is 29.8 Å². The molecule has 17 heteroatoms. The van der Waals surface area contributed by atoms with Crippen LogP contribution in [0.2, 0.25) is 0 Å². The third kappa shape index (κ3) is 6.72. The minimum atomic E-state index is -1.71. The van der Waals surface area contributed by atoms with E-state index in [4.69, 9.17) is 28.4 Å². The van der Waals surface area contributed by atoms with Gasteiger partial charge in [0, 0.05) is 34.9 Å². The smallest absolute Gasteiger partial charge is 0.340 e. The molecule has 0 radical (unpaired) electrons. The maximum absolute atomic E-state index is 13.7. The van der Waals surface area contributed by atoms with E-state index in [2.05, 4.69) is 33.0 Å². The van der Waals surface area contributed by atoms with Crippen molar-refractivity contribution in [3.63, 3.8) is 0 Å². The first-order valence-electron chi connectivity index (χ1n) is 24.1. The standard InChI is InChI=1S/C49H73NO16/c1-43(22-52)17-30-45(3,19-34(43)64-40(60)24-10-8-9-11-25(24)50-7)31(54)18-48(6)47(5)15-12-28-44(2,29(47)16-33-49(30,48)66-33)14-13-32(46(28,4)23-53)65-41-38(58)36(56)27(21-61-41)63-42-39(59)37(57)35(55)26(20-51)62-42/h8-11,22,26-39,41-42,50-51,53-59H,12-21,23H2,1-7H3/t26-,27+,28-,29-,30-,31+,32+,33-,34+,35-,36+,37+,38-,39-,41+,42+,43+,44+,45+,46+,47-,48+,49-/m1/s1. The lowest BCUT2D eigenvalue weighted by Gasteiger charge is -2.73. The Kier molecular flexibility index (Phi) is 12.3. The van der Waals surface area contributed by atoms with Gasteiger partial charge in [0.1, 0.15) is 60.7 Å². The maximum Gasteiger partial charge on any atom is 0.340 e. The number of benzene rings is 1. The fraction of sp³-hybridized carbons (Fsp3) is 0.837. The highest BCUT2D eigenvalue weighted by atomic mass is 16.7. The number of carbonyl (C=O) groups excluding carboxylic acids is 2. The first-order chi connectivity index (χ1) is 31.1. The molecule has 17 nitrogen and oxygen atoms in total. The van der Waals surface area contributed by atoms with E-state index in [1.54, 1.807) is 25.2 Å². The van der Waals surface area contributed by atoms with Gasteiger partial charge in [-0.1, -0.05) is 46.8 Å². The van der Waals surface area contributed by atoms with Gasteiger partial charge in [-0.25, -0.2) is 4.79 Å². The fourth-order valence-corrected chi connectivity index (χ4v) is 15.7. The lowest BCUT2D eigenvalue weighted by molar-refractivity contribution is -0.353. The zero-order valence-electron chi connectivity index (χ0n) is 39.2. The summed E-state index contributed by atoms with van der Waals surface area (Å²) in [6, 6.07) is 7.11. The predicted molar refractivity (Wildman–Crippen MR) is 233 cm³/mol. The number of esters is 1. The van der Waals surface area contributed by atoms with Gasteiger partial charge in [0.05, 0.1) is 49.1 Å². The minimum absolute atomic E-state index is 0.0232. The van der Waals surface area contributed by atoms with E-state index in [1.807, 2.05) is 19.9 Å². The minimum Gasteiger partial charge on any atom is -0.458 e. The van der Waals surface area contributed by atoms with Gasteiger partial charge < -0.3 is 79.4 Å². The van der Waals surface area contributed by atoms with Crippen LogP contribution < -0.4 is 5.32 Å². The van der Waals surface area contributed by atoms with E-state index in [0.29, 0.717) is 36.9 Å². The summed E-state index contributed by atoms with van der Waals surface area (Å²) < 4.78 is 37.1. The van der Waals surface area contributed by atoms with Crippen molar-refractivity contribution < 1.29 is 78.9 Å². The summed E-state index contributed by atoms with van der Waals surface area (Å²) in [6.07, 6.45) is -9.92. The molecular weight excluding hydrogens is 859 g/mol. The molecule has 5 aliphatic carbocycles. The molecule has 3 saturated heterocycles. The van der Waals surface area contributed by atoms with Crippen LogP contribution in [0.25, 0.3) is 0 Å². The topological polar surface area (TPSA) is 267 Å². The highest BCUT2D eigenvalue weighted by molar-refractivity contribution is 5.95. The number of aliphatic hydroxyl groups is 8. The summed E-state index contributed by atoms with van der Waals surface area (Å²) in [6.45, 7) is 11.8. The molecule has 66 heavy (non-hydrogen) atoms. The van der Waals surface area contributed by atoms with E-state index >= 15 is 0 Å². The molecule has 3 aliphatic heterocycles. The largest absolute Gasteiger partial charge is 0.458 e. The van der Waals surface area contributed by atoms with Crippen LogP contribution in [-0.2, 0) is 33.2 Å². The van der Waals surface area contributed by atoms with Gasteiger partial charge >= 0.3 is 5.97 Å². The lowest BCUT2D eigenvalue weighted by atomic mass is 9.31. The Hall–Kier alpha value is -2.36. The van der Waals surface area contributed by atoms with E-state index in [0.717, 1.165) is 32.0 Å². The molecule has 3 heterocycles. The molecule has 5 saturated carbocycles. The second kappa shape index (κ2) is 16.6. The molecule has 1 aromatic carbocycles. The summed E-state index contributed by atoms with van der Waals surface area (Å²) in [5.74, 6) is -0.591. The number of rotatable bonds is 10.